The second-order valence-corrected chi connectivity index (χ2v) is 8.27. The van der Waals surface area contributed by atoms with Crippen LogP contribution in [-0.4, -0.2) is 18.0 Å². The topological polar surface area (TPSA) is 75.8 Å². The lowest BCUT2D eigenvalue weighted by atomic mass is 10.2. The van der Waals surface area contributed by atoms with Crippen LogP contribution in [-0.2, 0) is 16.1 Å². The molecule has 1 aromatic carbocycles. The zero-order chi connectivity index (χ0) is 17.0. The number of nitriles is 1. The highest BCUT2D eigenvalue weighted by Gasteiger charge is 2.06. The molecule has 0 aliphatic rings. The average molecular weight is 460 g/mol. The highest BCUT2D eigenvalue weighted by atomic mass is 127. The van der Waals surface area contributed by atoms with Gasteiger partial charge in [0.1, 0.15) is 11.7 Å². The average Bonchev–Trinajstić information content (AvgIpc) is 2.82. The molecule has 0 unspecified atom stereocenters. The molecule has 2 heterocycles. The molecule has 8 heteroatoms. The molecule has 0 aliphatic carbocycles. The van der Waals surface area contributed by atoms with Crippen molar-refractivity contribution in [3.63, 3.8) is 0 Å². The normalized spacial score (nSPS) is 10.7. The van der Waals surface area contributed by atoms with Gasteiger partial charge in [0.05, 0.1) is 10.5 Å². The Labute approximate surface area is 152 Å². The first-order valence-corrected chi connectivity index (χ1v) is 9.72. The van der Waals surface area contributed by atoms with Crippen LogP contribution >= 0.6 is 33.3 Å². The number of aromatic nitrogens is 2. The van der Waals surface area contributed by atoms with E-state index < -0.39 is 9.05 Å². The highest BCUT2D eigenvalue weighted by molar-refractivity contribution is 14.1. The van der Waals surface area contributed by atoms with E-state index in [1.54, 1.807) is 24.4 Å². The second-order valence-electron chi connectivity index (χ2n) is 4.55. The molecule has 5 nitrogen and oxygen atoms in total. The van der Waals surface area contributed by atoms with Crippen molar-refractivity contribution < 1.29 is 8.42 Å². The Bertz CT molecular complexity index is 979. The van der Waals surface area contributed by atoms with Crippen LogP contribution in [0.2, 0.25) is 0 Å². The number of fused-ring (bicyclic) bond motifs is 1. The lowest BCUT2D eigenvalue weighted by molar-refractivity contribution is 0.609. The van der Waals surface area contributed by atoms with E-state index in [1.165, 1.54) is 12.1 Å². The van der Waals surface area contributed by atoms with Crippen molar-refractivity contribution in [1.29, 1.82) is 5.26 Å². The quantitative estimate of drug-likeness (QED) is 0.411. The summed E-state index contributed by atoms with van der Waals surface area (Å²) in [5.41, 5.74) is 1.53. The summed E-state index contributed by atoms with van der Waals surface area (Å²) >= 11 is 2.24. The second kappa shape index (κ2) is 7.29. The summed E-state index contributed by atoms with van der Waals surface area (Å²) in [7, 11) is 3.45. The number of rotatable bonds is 1. The third-order valence-corrected chi connectivity index (χ3v) is 5.15. The van der Waals surface area contributed by atoms with Gasteiger partial charge in [-0.05, 0) is 40.8 Å². The van der Waals surface area contributed by atoms with Crippen LogP contribution < -0.4 is 0 Å². The van der Waals surface area contributed by atoms with Crippen LogP contribution in [0, 0.1) is 14.9 Å². The molecule has 0 radical (unpaired) electrons. The maximum atomic E-state index is 10.6. The van der Waals surface area contributed by atoms with E-state index in [9.17, 15) is 8.42 Å². The Morgan fingerprint density at radius 1 is 1.30 bits per heavy atom. The van der Waals surface area contributed by atoms with Crippen molar-refractivity contribution in [2.24, 2.45) is 7.05 Å². The Balaban J connectivity index is 0.000000174. The van der Waals surface area contributed by atoms with Crippen LogP contribution in [0.3, 0.4) is 0 Å². The van der Waals surface area contributed by atoms with E-state index in [1.807, 2.05) is 23.9 Å². The lowest BCUT2D eigenvalue weighted by Gasteiger charge is -1.93. The number of nitrogens with zero attached hydrogens (tertiary/aromatic N) is 3. The number of benzene rings is 1. The largest absolute Gasteiger partial charge is 0.334 e. The van der Waals surface area contributed by atoms with Crippen molar-refractivity contribution >= 4 is 53.4 Å². The molecule has 3 aromatic rings. The fourth-order valence-corrected chi connectivity index (χ4v) is 3.46. The van der Waals surface area contributed by atoms with Crippen molar-refractivity contribution in [1.82, 2.24) is 9.55 Å². The first-order valence-electron chi connectivity index (χ1n) is 6.33. The zero-order valence-corrected chi connectivity index (χ0v) is 15.7. The third-order valence-electron chi connectivity index (χ3n) is 2.92. The lowest BCUT2D eigenvalue weighted by Crippen LogP contribution is -1.87. The minimum atomic E-state index is -3.53. The number of hydrogen-bond donors (Lipinski definition) is 0. The number of halogens is 2. The maximum absolute atomic E-state index is 10.6. The smallest absolute Gasteiger partial charge is 0.261 e. The van der Waals surface area contributed by atoms with Gasteiger partial charge in [-0.25, -0.2) is 13.4 Å². The molecule has 0 bridgehead atoms. The number of aryl methyl sites for hydroxylation is 1. The Morgan fingerprint density at radius 3 is 2.48 bits per heavy atom. The van der Waals surface area contributed by atoms with E-state index in [0.717, 1.165) is 14.6 Å². The van der Waals surface area contributed by atoms with Gasteiger partial charge in [-0.15, -0.1) is 0 Å². The number of pyridine rings is 1. The fourth-order valence-electron chi connectivity index (χ4n) is 1.86. The van der Waals surface area contributed by atoms with Gasteiger partial charge in [0.2, 0.25) is 0 Å². The molecule has 2 aromatic heterocycles. The predicted octanol–water partition coefficient (Wildman–Crippen LogP) is 3.66. The van der Waals surface area contributed by atoms with Crippen LogP contribution in [0.5, 0.6) is 0 Å². The van der Waals surface area contributed by atoms with Crippen LogP contribution in [0.4, 0.5) is 0 Å². The SMILES string of the molecule is Cn1cc(I)c2cc(C#N)cnc21.O=S(=O)(Cl)c1ccccc1. The molecular weight excluding hydrogens is 449 g/mol. The summed E-state index contributed by atoms with van der Waals surface area (Å²) in [5.74, 6) is 0. The Hall–Kier alpha value is -1.63. The molecule has 0 N–H and O–H groups in total. The van der Waals surface area contributed by atoms with Crippen molar-refractivity contribution in [3.05, 3.63) is 57.9 Å². The van der Waals surface area contributed by atoms with Crippen LogP contribution in [0.1, 0.15) is 5.56 Å². The van der Waals surface area contributed by atoms with Gasteiger partial charge in [-0.3, -0.25) is 0 Å². The van der Waals surface area contributed by atoms with E-state index in [4.69, 9.17) is 15.9 Å². The predicted molar refractivity (Wildman–Crippen MR) is 97.6 cm³/mol. The summed E-state index contributed by atoms with van der Waals surface area (Å²) in [5, 5.41) is 9.74. The summed E-state index contributed by atoms with van der Waals surface area (Å²) in [6.45, 7) is 0. The first kappa shape index (κ1) is 17.7. The molecule has 0 amide bonds. The molecule has 118 valence electrons. The maximum Gasteiger partial charge on any atom is 0.261 e. The minimum absolute atomic E-state index is 0.136. The van der Waals surface area contributed by atoms with Gasteiger partial charge in [0.25, 0.3) is 9.05 Å². The van der Waals surface area contributed by atoms with Gasteiger partial charge in [-0.2, -0.15) is 5.26 Å². The van der Waals surface area contributed by atoms with Crippen LogP contribution in [0.25, 0.3) is 11.0 Å². The van der Waals surface area contributed by atoms with E-state index >= 15 is 0 Å². The van der Waals surface area contributed by atoms with Crippen molar-refractivity contribution in [3.8, 4) is 6.07 Å². The van der Waals surface area contributed by atoms with Gasteiger partial charge < -0.3 is 4.57 Å². The highest BCUT2D eigenvalue weighted by Crippen LogP contribution is 2.20. The van der Waals surface area contributed by atoms with Crippen LogP contribution in [0.15, 0.2) is 53.7 Å². The molecule has 0 saturated heterocycles. The molecule has 0 atom stereocenters. The van der Waals surface area contributed by atoms with Crippen molar-refractivity contribution in [2.75, 3.05) is 0 Å². The van der Waals surface area contributed by atoms with Gasteiger partial charge in [-0.1, -0.05) is 18.2 Å². The standard InChI is InChI=1S/C9H6IN3.C6H5ClO2S/c1-13-5-8(10)7-2-6(3-11)4-12-9(7)13;7-10(8,9)6-4-2-1-3-5-6/h2,4-5H,1H3;1-5H. The molecular formula is C15H11ClIN3O2S. The number of hydrogen-bond acceptors (Lipinski definition) is 4. The monoisotopic (exact) mass is 459 g/mol. The molecule has 3 rings (SSSR count). The van der Waals surface area contributed by atoms with Gasteiger partial charge in [0, 0.05) is 39.1 Å². The summed E-state index contributed by atoms with van der Waals surface area (Å²) in [6.07, 6.45) is 3.60. The molecule has 0 saturated carbocycles. The summed E-state index contributed by atoms with van der Waals surface area (Å²) < 4.78 is 24.3. The first-order chi connectivity index (χ1) is 10.8. The van der Waals surface area contributed by atoms with Gasteiger partial charge >= 0.3 is 0 Å². The molecule has 23 heavy (non-hydrogen) atoms. The van der Waals surface area contributed by atoms with Gasteiger partial charge in [0.15, 0.2) is 0 Å². The summed E-state index contributed by atoms with van der Waals surface area (Å²) in [4.78, 5) is 4.34. The molecule has 0 fully saturated rings. The third kappa shape index (κ3) is 4.43. The van der Waals surface area contributed by atoms with Crippen molar-refractivity contribution in [2.45, 2.75) is 4.90 Å². The Kier molecular flexibility index (Phi) is 5.62. The molecule has 0 spiro atoms. The van der Waals surface area contributed by atoms with E-state index in [2.05, 4.69) is 33.6 Å². The minimum Gasteiger partial charge on any atom is -0.334 e. The Morgan fingerprint density at radius 2 is 1.96 bits per heavy atom. The molecule has 0 aliphatic heterocycles. The van der Waals surface area contributed by atoms with E-state index in [-0.39, 0.29) is 4.90 Å². The summed E-state index contributed by atoms with van der Waals surface area (Å²) in [6, 6.07) is 11.8. The zero-order valence-electron chi connectivity index (χ0n) is 11.9. The van der Waals surface area contributed by atoms with E-state index in [0.29, 0.717) is 5.56 Å². The fraction of sp³-hybridized carbons (Fsp3) is 0.0667.